The summed E-state index contributed by atoms with van der Waals surface area (Å²) in [5.74, 6) is 1.86. The fraction of sp³-hybridized carbons (Fsp3) is 0.273. The largest absolute Gasteiger partial charge is 0.497 e. The van der Waals surface area contributed by atoms with Gasteiger partial charge in [0.15, 0.2) is 16.6 Å². The van der Waals surface area contributed by atoms with Crippen molar-refractivity contribution in [1.29, 1.82) is 0 Å². The Kier molecular flexibility index (Phi) is 6.86. The van der Waals surface area contributed by atoms with Gasteiger partial charge in [0.05, 0.1) is 40.1 Å². The van der Waals surface area contributed by atoms with Crippen molar-refractivity contribution in [3.63, 3.8) is 0 Å². The molecule has 1 amide bonds. The first-order valence-electron chi connectivity index (χ1n) is 9.45. The molecular formula is C22H25N3O5S. The molecule has 0 saturated carbocycles. The van der Waals surface area contributed by atoms with Crippen LogP contribution in [0.5, 0.6) is 23.0 Å². The van der Waals surface area contributed by atoms with Crippen LogP contribution in [-0.2, 0) is 4.79 Å². The zero-order valence-electron chi connectivity index (χ0n) is 18.0. The molecule has 1 atom stereocenters. The van der Waals surface area contributed by atoms with E-state index in [1.807, 2.05) is 0 Å². The molecule has 0 radical (unpaired) electrons. The maximum atomic E-state index is 13.2. The smallest absolute Gasteiger partial charge is 0.255 e. The maximum Gasteiger partial charge on any atom is 0.255 e. The van der Waals surface area contributed by atoms with E-state index in [0.717, 1.165) is 5.56 Å². The Morgan fingerprint density at radius 3 is 2.10 bits per heavy atom. The summed E-state index contributed by atoms with van der Waals surface area (Å²) < 4.78 is 21.5. The molecule has 9 heteroatoms. The van der Waals surface area contributed by atoms with Crippen molar-refractivity contribution >= 4 is 28.9 Å². The molecule has 0 aliphatic carbocycles. The third-order valence-corrected chi connectivity index (χ3v) is 5.10. The number of rotatable bonds is 7. The first-order valence-corrected chi connectivity index (χ1v) is 9.86. The highest BCUT2D eigenvalue weighted by atomic mass is 32.1. The molecule has 0 unspecified atom stereocenters. The average molecular weight is 444 g/mol. The van der Waals surface area contributed by atoms with Gasteiger partial charge in [0.1, 0.15) is 5.75 Å². The second-order valence-electron chi connectivity index (χ2n) is 6.71. The highest BCUT2D eigenvalue weighted by molar-refractivity contribution is 7.80. The Morgan fingerprint density at radius 2 is 1.58 bits per heavy atom. The van der Waals surface area contributed by atoms with Gasteiger partial charge in [-0.3, -0.25) is 4.79 Å². The maximum absolute atomic E-state index is 13.2. The van der Waals surface area contributed by atoms with Gasteiger partial charge in [-0.1, -0.05) is 0 Å². The van der Waals surface area contributed by atoms with Gasteiger partial charge in [0.25, 0.3) is 5.91 Å². The molecule has 3 rings (SSSR count). The van der Waals surface area contributed by atoms with Crippen LogP contribution < -0.4 is 34.9 Å². The van der Waals surface area contributed by atoms with Crippen molar-refractivity contribution in [2.75, 3.05) is 33.8 Å². The Labute approximate surface area is 186 Å². The van der Waals surface area contributed by atoms with Gasteiger partial charge in [-0.2, -0.15) is 0 Å². The number of allylic oxidation sites excluding steroid dienone is 1. The van der Waals surface area contributed by atoms with Gasteiger partial charge in [-0.05, 0) is 61.1 Å². The Hall–Kier alpha value is -3.46. The van der Waals surface area contributed by atoms with Crippen LogP contribution in [0.15, 0.2) is 47.7 Å². The van der Waals surface area contributed by atoms with E-state index >= 15 is 0 Å². The Morgan fingerprint density at radius 1 is 0.968 bits per heavy atom. The van der Waals surface area contributed by atoms with E-state index in [0.29, 0.717) is 45.1 Å². The summed E-state index contributed by atoms with van der Waals surface area (Å²) >= 11 is 5.34. The van der Waals surface area contributed by atoms with E-state index in [4.69, 9.17) is 31.2 Å². The molecule has 1 aliphatic heterocycles. The highest BCUT2D eigenvalue weighted by Gasteiger charge is 2.31. The summed E-state index contributed by atoms with van der Waals surface area (Å²) in [4.78, 5) is 13.2. The van der Waals surface area contributed by atoms with E-state index in [-0.39, 0.29) is 5.91 Å². The number of thiocarbonyl (C=S) groups is 1. The number of ether oxygens (including phenoxy) is 4. The lowest BCUT2D eigenvalue weighted by atomic mass is 9.94. The number of hydrogen-bond acceptors (Lipinski definition) is 6. The van der Waals surface area contributed by atoms with E-state index in [9.17, 15) is 4.79 Å². The number of anilines is 1. The molecule has 0 fully saturated rings. The first-order chi connectivity index (χ1) is 14.9. The van der Waals surface area contributed by atoms with Crippen molar-refractivity contribution in [2.45, 2.75) is 13.0 Å². The predicted molar refractivity (Wildman–Crippen MR) is 122 cm³/mol. The molecule has 164 valence electrons. The van der Waals surface area contributed by atoms with Gasteiger partial charge < -0.3 is 34.9 Å². The van der Waals surface area contributed by atoms with Crippen molar-refractivity contribution in [2.24, 2.45) is 0 Å². The van der Waals surface area contributed by atoms with Crippen molar-refractivity contribution in [3.05, 3.63) is 53.2 Å². The molecule has 1 aliphatic rings. The molecule has 31 heavy (non-hydrogen) atoms. The quantitative estimate of drug-likeness (QED) is 0.563. The third-order valence-electron chi connectivity index (χ3n) is 4.88. The summed E-state index contributed by atoms with van der Waals surface area (Å²) in [7, 11) is 6.21. The summed E-state index contributed by atoms with van der Waals surface area (Å²) in [6, 6.07) is 10.2. The number of carbonyl (C=O) groups excluding carboxylic acids is 1. The number of hydrogen-bond donors (Lipinski definition) is 3. The van der Waals surface area contributed by atoms with Crippen LogP contribution in [0.3, 0.4) is 0 Å². The standard InChI is InChI=1S/C22H25N3O5S/c1-12-18(21(26)24-14-6-8-15(27-2)9-7-14)19(25-22(31)23-12)13-10-16(28-3)20(30-5)17(11-13)29-4/h6-11,19H,1-5H3,(H,24,26)(H2,23,25,31)/t19-/m1/s1. The van der Waals surface area contributed by atoms with Crippen molar-refractivity contribution in [3.8, 4) is 23.0 Å². The van der Waals surface area contributed by atoms with Gasteiger partial charge in [0, 0.05) is 11.4 Å². The molecule has 2 aromatic carbocycles. The second kappa shape index (κ2) is 9.57. The minimum atomic E-state index is -0.527. The van der Waals surface area contributed by atoms with Gasteiger partial charge >= 0.3 is 0 Å². The fourth-order valence-electron chi connectivity index (χ4n) is 3.39. The lowest BCUT2D eigenvalue weighted by Crippen LogP contribution is -2.45. The summed E-state index contributed by atoms with van der Waals surface area (Å²) in [6.45, 7) is 1.81. The number of amides is 1. The van der Waals surface area contributed by atoms with E-state index in [2.05, 4.69) is 16.0 Å². The van der Waals surface area contributed by atoms with Crippen LogP contribution in [0, 0.1) is 0 Å². The minimum absolute atomic E-state index is 0.274. The fourth-order valence-corrected chi connectivity index (χ4v) is 3.66. The van der Waals surface area contributed by atoms with Gasteiger partial charge in [-0.15, -0.1) is 0 Å². The van der Waals surface area contributed by atoms with E-state index < -0.39 is 6.04 Å². The molecule has 3 N–H and O–H groups in total. The van der Waals surface area contributed by atoms with Crippen LogP contribution in [0.25, 0.3) is 0 Å². The molecule has 0 aromatic heterocycles. The highest BCUT2D eigenvalue weighted by Crippen LogP contribution is 2.41. The molecule has 0 saturated heterocycles. The Bertz CT molecular complexity index is 995. The molecular weight excluding hydrogens is 418 g/mol. The zero-order valence-corrected chi connectivity index (χ0v) is 18.8. The molecule has 0 spiro atoms. The topological polar surface area (TPSA) is 90.1 Å². The van der Waals surface area contributed by atoms with Crippen molar-refractivity contribution in [1.82, 2.24) is 10.6 Å². The normalized spacial score (nSPS) is 15.5. The van der Waals surface area contributed by atoms with Crippen LogP contribution in [0.2, 0.25) is 0 Å². The number of benzene rings is 2. The lowest BCUT2D eigenvalue weighted by Gasteiger charge is -2.31. The van der Waals surface area contributed by atoms with Gasteiger partial charge in [-0.25, -0.2) is 0 Å². The van der Waals surface area contributed by atoms with Crippen LogP contribution in [0.4, 0.5) is 5.69 Å². The van der Waals surface area contributed by atoms with Crippen LogP contribution in [-0.4, -0.2) is 39.5 Å². The van der Waals surface area contributed by atoms with Crippen LogP contribution in [0.1, 0.15) is 18.5 Å². The van der Waals surface area contributed by atoms with E-state index in [1.165, 1.54) is 7.11 Å². The molecule has 2 aromatic rings. The predicted octanol–water partition coefficient (Wildman–Crippen LogP) is 3.15. The second-order valence-corrected chi connectivity index (χ2v) is 7.12. The average Bonchev–Trinajstić information content (AvgIpc) is 2.77. The monoisotopic (exact) mass is 443 g/mol. The van der Waals surface area contributed by atoms with Gasteiger partial charge in [0.2, 0.25) is 5.75 Å². The number of carbonyl (C=O) groups is 1. The number of nitrogens with one attached hydrogen (secondary N) is 3. The SMILES string of the molecule is COc1ccc(NC(=O)C2=C(C)NC(=S)N[C@@H]2c2cc(OC)c(OC)c(OC)c2)cc1. The molecule has 0 bridgehead atoms. The minimum Gasteiger partial charge on any atom is -0.497 e. The third kappa shape index (κ3) is 4.66. The lowest BCUT2D eigenvalue weighted by molar-refractivity contribution is -0.113. The zero-order chi connectivity index (χ0) is 22.5. The summed E-state index contributed by atoms with van der Waals surface area (Å²) in [5, 5.41) is 9.53. The van der Waals surface area contributed by atoms with Crippen LogP contribution >= 0.6 is 12.2 Å². The van der Waals surface area contributed by atoms with Crippen molar-refractivity contribution < 1.29 is 23.7 Å². The first kappa shape index (κ1) is 22.2. The summed E-state index contributed by atoms with van der Waals surface area (Å²) in [6.07, 6.45) is 0. The Balaban J connectivity index is 2.00. The number of methoxy groups -OCH3 is 4. The van der Waals surface area contributed by atoms with E-state index in [1.54, 1.807) is 64.7 Å². The molecule has 1 heterocycles. The summed E-state index contributed by atoms with van der Waals surface area (Å²) in [5.41, 5.74) is 2.51. The molecule has 8 nitrogen and oxygen atoms in total.